The molecule has 2 aromatic rings. The first-order chi connectivity index (χ1) is 9.88. The lowest BCUT2D eigenvalue weighted by atomic mass is 9.95. The van der Waals surface area contributed by atoms with E-state index in [2.05, 4.69) is 30.7 Å². The molecule has 0 saturated heterocycles. The van der Waals surface area contributed by atoms with Gasteiger partial charge in [0.2, 0.25) is 0 Å². The van der Waals surface area contributed by atoms with Crippen LogP contribution in [0.25, 0.3) is 5.69 Å². The van der Waals surface area contributed by atoms with Gasteiger partial charge < -0.3 is 5.32 Å². The molecule has 1 aliphatic heterocycles. The molecule has 1 N–H and O–H groups in total. The maximum atomic E-state index is 13.8. The van der Waals surface area contributed by atoms with Crippen molar-refractivity contribution in [3.05, 3.63) is 46.8 Å². The van der Waals surface area contributed by atoms with Gasteiger partial charge in [0.1, 0.15) is 11.6 Å². The Morgan fingerprint density at radius 3 is 2.76 bits per heavy atom. The molecule has 0 aliphatic carbocycles. The van der Waals surface area contributed by atoms with Gasteiger partial charge >= 0.3 is 0 Å². The molecule has 0 atom stereocenters. The lowest BCUT2D eigenvalue weighted by molar-refractivity contribution is 0.531. The molecule has 3 nitrogen and oxygen atoms in total. The predicted molar refractivity (Wildman–Crippen MR) is 82.4 cm³/mol. The number of benzene rings is 1. The van der Waals surface area contributed by atoms with Gasteiger partial charge in [0.25, 0.3) is 0 Å². The van der Waals surface area contributed by atoms with Gasteiger partial charge in [-0.1, -0.05) is 26.8 Å². The molecular formula is C17H22FN3. The molecule has 1 aliphatic rings. The Balaban J connectivity index is 2.29. The Hall–Kier alpha value is -1.68. The van der Waals surface area contributed by atoms with Crippen LogP contribution in [0.4, 0.5) is 4.39 Å². The molecule has 3 rings (SSSR count). The first-order valence-electron chi connectivity index (χ1n) is 7.46. The minimum atomic E-state index is -0.202. The predicted octanol–water partition coefficient (Wildman–Crippen LogP) is 3.26. The van der Waals surface area contributed by atoms with Crippen molar-refractivity contribution in [2.45, 2.75) is 46.1 Å². The second-order valence-corrected chi connectivity index (χ2v) is 6.77. The fraction of sp³-hybridized carbons (Fsp3) is 0.471. The topological polar surface area (TPSA) is 29.9 Å². The maximum Gasteiger partial charge on any atom is 0.125 e. The number of aryl methyl sites for hydroxylation is 1. The van der Waals surface area contributed by atoms with Crippen LogP contribution in [0.3, 0.4) is 0 Å². The third-order valence-electron chi connectivity index (χ3n) is 3.97. The van der Waals surface area contributed by atoms with Gasteiger partial charge in [0, 0.05) is 30.6 Å². The van der Waals surface area contributed by atoms with Gasteiger partial charge in [-0.15, -0.1) is 0 Å². The Kier molecular flexibility index (Phi) is 3.36. The van der Waals surface area contributed by atoms with Gasteiger partial charge in [-0.25, -0.2) is 9.37 Å². The highest BCUT2D eigenvalue weighted by atomic mass is 19.1. The Labute approximate surface area is 125 Å². The Morgan fingerprint density at radius 1 is 1.29 bits per heavy atom. The van der Waals surface area contributed by atoms with Gasteiger partial charge in [0.05, 0.1) is 11.4 Å². The van der Waals surface area contributed by atoms with Crippen molar-refractivity contribution in [3.63, 3.8) is 0 Å². The van der Waals surface area contributed by atoms with Gasteiger partial charge in [0.15, 0.2) is 0 Å². The second kappa shape index (κ2) is 4.95. The molecule has 0 unspecified atom stereocenters. The SMILES string of the molecule is Cc1ccc(F)cc1-n1c(C(C)(C)C)nc2c1CCNC2. The van der Waals surface area contributed by atoms with Crippen molar-refractivity contribution < 1.29 is 4.39 Å². The highest BCUT2D eigenvalue weighted by Crippen LogP contribution is 2.31. The molecule has 4 heteroatoms. The van der Waals surface area contributed by atoms with Crippen LogP contribution in [-0.4, -0.2) is 16.1 Å². The van der Waals surface area contributed by atoms with E-state index in [0.29, 0.717) is 0 Å². The standard InChI is InChI=1S/C17H22FN3/c1-11-5-6-12(18)9-15(11)21-14-7-8-19-10-13(14)20-16(21)17(2,3)4/h5-6,9,19H,7-8,10H2,1-4H3. The summed E-state index contributed by atoms with van der Waals surface area (Å²) in [6, 6.07) is 4.97. The second-order valence-electron chi connectivity index (χ2n) is 6.77. The van der Waals surface area contributed by atoms with Crippen LogP contribution in [0.2, 0.25) is 0 Å². The van der Waals surface area contributed by atoms with Crippen LogP contribution < -0.4 is 5.32 Å². The average Bonchev–Trinajstić information content (AvgIpc) is 2.81. The van der Waals surface area contributed by atoms with Crippen LogP contribution in [0.1, 0.15) is 43.5 Å². The van der Waals surface area contributed by atoms with Crippen molar-refractivity contribution in [2.75, 3.05) is 6.54 Å². The van der Waals surface area contributed by atoms with Crippen molar-refractivity contribution >= 4 is 0 Å². The van der Waals surface area contributed by atoms with Crippen LogP contribution in [0.5, 0.6) is 0 Å². The van der Waals surface area contributed by atoms with Gasteiger partial charge in [-0.3, -0.25) is 4.57 Å². The van der Waals surface area contributed by atoms with E-state index in [-0.39, 0.29) is 11.2 Å². The van der Waals surface area contributed by atoms with Crippen molar-refractivity contribution in [1.82, 2.24) is 14.9 Å². The molecule has 0 radical (unpaired) electrons. The minimum absolute atomic E-state index is 0.0872. The van der Waals surface area contributed by atoms with Crippen molar-refractivity contribution in [3.8, 4) is 5.69 Å². The summed E-state index contributed by atoms with van der Waals surface area (Å²) in [4.78, 5) is 4.85. The summed E-state index contributed by atoms with van der Waals surface area (Å²) < 4.78 is 15.9. The lowest BCUT2D eigenvalue weighted by Crippen LogP contribution is -2.25. The molecule has 0 spiro atoms. The Morgan fingerprint density at radius 2 is 2.05 bits per heavy atom. The summed E-state index contributed by atoms with van der Waals surface area (Å²) in [5.74, 6) is 0.803. The van der Waals surface area contributed by atoms with Crippen molar-refractivity contribution in [1.29, 1.82) is 0 Å². The van der Waals surface area contributed by atoms with E-state index >= 15 is 0 Å². The number of hydrogen-bond donors (Lipinski definition) is 1. The van der Waals surface area contributed by atoms with E-state index < -0.39 is 0 Å². The van der Waals surface area contributed by atoms with E-state index in [0.717, 1.165) is 42.3 Å². The fourth-order valence-electron chi connectivity index (χ4n) is 2.90. The van der Waals surface area contributed by atoms with E-state index in [9.17, 15) is 4.39 Å². The van der Waals surface area contributed by atoms with E-state index in [1.165, 1.54) is 11.8 Å². The van der Waals surface area contributed by atoms with E-state index in [4.69, 9.17) is 4.98 Å². The summed E-state index contributed by atoms with van der Waals surface area (Å²) in [5, 5.41) is 3.36. The molecule has 21 heavy (non-hydrogen) atoms. The molecule has 1 aromatic heterocycles. The molecular weight excluding hydrogens is 265 g/mol. The summed E-state index contributed by atoms with van der Waals surface area (Å²) in [6.45, 7) is 10.2. The highest BCUT2D eigenvalue weighted by Gasteiger charge is 2.28. The molecule has 112 valence electrons. The third-order valence-corrected chi connectivity index (χ3v) is 3.97. The average molecular weight is 287 g/mol. The first kappa shape index (κ1) is 14.3. The van der Waals surface area contributed by atoms with Crippen LogP contribution in [0.15, 0.2) is 18.2 Å². The zero-order chi connectivity index (χ0) is 15.2. The number of nitrogens with one attached hydrogen (secondary N) is 1. The number of fused-ring (bicyclic) bond motifs is 1. The van der Waals surface area contributed by atoms with Gasteiger partial charge in [-0.2, -0.15) is 0 Å². The zero-order valence-corrected chi connectivity index (χ0v) is 13.1. The number of imidazole rings is 1. The monoisotopic (exact) mass is 287 g/mol. The third kappa shape index (κ3) is 2.48. The molecule has 0 bridgehead atoms. The Bertz CT molecular complexity index is 680. The van der Waals surface area contributed by atoms with E-state index in [1.807, 2.05) is 13.0 Å². The molecule has 0 saturated carbocycles. The molecule has 1 aromatic carbocycles. The van der Waals surface area contributed by atoms with Gasteiger partial charge in [-0.05, 0) is 24.6 Å². The number of hydrogen-bond acceptors (Lipinski definition) is 2. The molecule has 0 fully saturated rings. The summed E-state index contributed by atoms with van der Waals surface area (Å²) in [5.41, 5.74) is 4.20. The van der Waals surface area contributed by atoms with Crippen LogP contribution >= 0.6 is 0 Å². The molecule has 0 amide bonds. The van der Waals surface area contributed by atoms with Crippen molar-refractivity contribution in [2.24, 2.45) is 0 Å². The number of aromatic nitrogens is 2. The normalized spacial score (nSPS) is 15.1. The zero-order valence-electron chi connectivity index (χ0n) is 13.1. The number of halogens is 1. The summed E-state index contributed by atoms with van der Waals surface area (Å²) in [6.07, 6.45) is 0.925. The summed E-state index contributed by atoms with van der Waals surface area (Å²) in [7, 11) is 0. The number of rotatable bonds is 1. The first-order valence-corrected chi connectivity index (χ1v) is 7.46. The lowest BCUT2D eigenvalue weighted by Gasteiger charge is -2.23. The molecule has 2 heterocycles. The van der Waals surface area contributed by atoms with E-state index in [1.54, 1.807) is 6.07 Å². The van der Waals surface area contributed by atoms with Crippen LogP contribution in [0, 0.1) is 12.7 Å². The van der Waals surface area contributed by atoms with Crippen LogP contribution in [-0.2, 0) is 18.4 Å². The highest BCUT2D eigenvalue weighted by molar-refractivity contribution is 5.46. The smallest absolute Gasteiger partial charge is 0.125 e. The fourth-order valence-corrected chi connectivity index (χ4v) is 2.90. The maximum absolute atomic E-state index is 13.8. The minimum Gasteiger partial charge on any atom is -0.311 e. The quantitative estimate of drug-likeness (QED) is 0.872. The largest absolute Gasteiger partial charge is 0.311 e. The number of nitrogens with zero attached hydrogens (tertiary/aromatic N) is 2. The summed E-state index contributed by atoms with van der Waals surface area (Å²) >= 11 is 0.